The summed E-state index contributed by atoms with van der Waals surface area (Å²) in [7, 11) is 0. The van der Waals surface area contributed by atoms with Crippen molar-refractivity contribution >= 4 is 16.5 Å². The zero-order valence-electron chi connectivity index (χ0n) is 22.8. The lowest BCUT2D eigenvalue weighted by Crippen LogP contribution is -1.95. The van der Waals surface area contributed by atoms with Crippen molar-refractivity contribution in [3.8, 4) is 56.2 Å². The van der Waals surface area contributed by atoms with E-state index < -0.39 is 0 Å². The van der Waals surface area contributed by atoms with E-state index in [4.69, 9.17) is 16.5 Å². The first kappa shape index (κ1) is 25.1. The number of rotatable bonds is 5. The van der Waals surface area contributed by atoms with Crippen LogP contribution in [0, 0.1) is 6.57 Å². The number of fused-ring (bicyclic) bond motifs is 1. The van der Waals surface area contributed by atoms with Gasteiger partial charge >= 0.3 is 0 Å². The predicted molar refractivity (Wildman–Crippen MR) is 173 cm³/mol. The molecule has 0 amide bonds. The van der Waals surface area contributed by atoms with Crippen molar-refractivity contribution in [1.82, 2.24) is 9.97 Å². The molecule has 6 aromatic carbocycles. The molecule has 42 heavy (non-hydrogen) atoms. The topological polar surface area (TPSA) is 30.1 Å². The van der Waals surface area contributed by atoms with E-state index in [1.165, 1.54) is 0 Å². The quantitative estimate of drug-likeness (QED) is 0.205. The largest absolute Gasteiger partial charge is 0.238 e. The summed E-state index contributed by atoms with van der Waals surface area (Å²) < 4.78 is 0. The molecule has 0 spiro atoms. The van der Waals surface area contributed by atoms with Gasteiger partial charge in [-0.3, -0.25) is 0 Å². The third kappa shape index (κ3) is 4.72. The summed E-state index contributed by atoms with van der Waals surface area (Å²) in [6.45, 7) is 7.65. The second-order valence-corrected chi connectivity index (χ2v) is 10.1. The minimum atomic E-state index is 0.661. The second-order valence-electron chi connectivity index (χ2n) is 10.1. The highest BCUT2D eigenvalue weighted by molar-refractivity contribution is 6.06. The molecule has 0 aliphatic carbocycles. The molecule has 196 valence electrons. The maximum absolute atomic E-state index is 7.65. The van der Waals surface area contributed by atoms with E-state index in [1.807, 2.05) is 72.8 Å². The smallest absolute Gasteiger partial charge is 0.194 e. The van der Waals surface area contributed by atoms with Gasteiger partial charge < -0.3 is 0 Å². The Morgan fingerprint density at radius 1 is 0.405 bits per heavy atom. The first-order chi connectivity index (χ1) is 20.8. The lowest BCUT2D eigenvalue weighted by atomic mass is 9.91. The Kier molecular flexibility index (Phi) is 6.56. The molecule has 0 aliphatic heterocycles. The van der Waals surface area contributed by atoms with Crippen molar-refractivity contribution in [2.24, 2.45) is 0 Å². The first-order valence-electron chi connectivity index (χ1n) is 13.9. The number of benzene rings is 6. The van der Waals surface area contributed by atoms with E-state index in [9.17, 15) is 0 Å². The zero-order chi connectivity index (χ0) is 28.3. The molecule has 7 rings (SSSR count). The van der Waals surface area contributed by atoms with Crippen LogP contribution in [0.2, 0.25) is 0 Å². The molecule has 1 heterocycles. The number of hydrogen-bond donors (Lipinski definition) is 0. The van der Waals surface area contributed by atoms with Gasteiger partial charge in [0.25, 0.3) is 0 Å². The Hall–Kier alpha value is -5.85. The Balaban J connectivity index is 1.31. The van der Waals surface area contributed by atoms with Crippen molar-refractivity contribution in [3.05, 3.63) is 163 Å². The van der Waals surface area contributed by atoms with E-state index in [0.717, 1.165) is 61.1 Å². The van der Waals surface area contributed by atoms with Crippen LogP contribution in [-0.4, -0.2) is 9.97 Å². The maximum atomic E-state index is 7.65. The monoisotopic (exact) mass is 535 g/mol. The van der Waals surface area contributed by atoms with Gasteiger partial charge in [0, 0.05) is 16.7 Å². The highest BCUT2D eigenvalue weighted by Gasteiger charge is 2.14. The van der Waals surface area contributed by atoms with Gasteiger partial charge in [0.15, 0.2) is 11.5 Å². The molecule has 0 radical (unpaired) electrons. The van der Waals surface area contributed by atoms with Crippen LogP contribution in [0.3, 0.4) is 0 Å². The normalized spacial score (nSPS) is 10.8. The summed E-state index contributed by atoms with van der Waals surface area (Å²) in [6, 6.07) is 51.6. The van der Waals surface area contributed by atoms with Crippen LogP contribution in [0.25, 0.3) is 71.8 Å². The molecule has 0 saturated heterocycles. The fourth-order valence-electron chi connectivity index (χ4n) is 5.47. The van der Waals surface area contributed by atoms with Crippen LogP contribution in [0.4, 0.5) is 5.69 Å². The van der Waals surface area contributed by atoms with Gasteiger partial charge in [0.2, 0.25) is 0 Å². The van der Waals surface area contributed by atoms with E-state index in [0.29, 0.717) is 11.5 Å². The van der Waals surface area contributed by atoms with Crippen molar-refractivity contribution in [3.63, 3.8) is 0 Å². The lowest BCUT2D eigenvalue weighted by Gasteiger charge is -2.14. The second kappa shape index (κ2) is 11.0. The number of nitrogens with zero attached hydrogens (tertiary/aromatic N) is 3. The average molecular weight is 536 g/mol. The summed E-state index contributed by atoms with van der Waals surface area (Å²) in [4.78, 5) is 13.7. The van der Waals surface area contributed by atoms with Gasteiger partial charge in [0.05, 0.1) is 18.0 Å². The zero-order valence-corrected chi connectivity index (χ0v) is 22.8. The number of para-hydroxylation sites is 1. The summed E-state index contributed by atoms with van der Waals surface area (Å²) in [5.74, 6) is 0.706. The third-order valence-corrected chi connectivity index (χ3v) is 7.56. The van der Waals surface area contributed by atoms with Crippen LogP contribution >= 0.6 is 0 Å². The molecule has 0 atom stereocenters. The van der Waals surface area contributed by atoms with Gasteiger partial charge in [-0.1, -0.05) is 146 Å². The molecular weight excluding hydrogens is 510 g/mol. The third-order valence-electron chi connectivity index (χ3n) is 7.56. The SMILES string of the molecule is [C-]#[N+]c1ccccc1-c1ccc(-c2ccc(-c3cc(-c4ccccc4)nc(-c4ccccc4)n3)cc2)c2ccccc12. The molecule has 0 N–H and O–H groups in total. The fraction of sp³-hybridized carbons (Fsp3) is 0. The Morgan fingerprint density at radius 2 is 0.905 bits per heavy atom. The van der Waals surface area contributed by atoms with Gasteiger partial charge in [-0.15, -0.1) is 0 Å². The molecule has 0 saturated carbocycles. The van der Waals surface area contributed by atoms with Gasteiger partial charge in [-0.25, -0.2) is 14.8 Å². The molecule has 0 unspecified atom stereocenters. The molecule has 0 fully saturated rings. The molecular formula is C39H25N3. The van der Waals surface area contributed by atoms with E-state index in [-0.39, 0.29) is 0 Å². The Labute approximate surface area is 245 Å². The standard InChI is InChI=1S/C39H25N3/c1-40-36-19-11-10-18-35(36)34-25-24-31(32-16-8-9-17-33(32)34)27-20-22-29(23-21-27)38-26-37(28-12-4-2-5-13-28)41-39(42-38)30-14-6-3-7-15-30/h2-26H. The minimum absolute atomic E-state index is 0.661. The highest BCUT2D eigenvalue weighted by Crippen LogP contribution is 2.39. The fourth-order valence-corrected chi connectivity index (χ4v) is 5.47. The Morgan fingerprint density at radius 3 is 1.57 bits per heavy atom. The van der Waals surface area contributed by atoms with E-state index in [1.54, 1.807) is 0 Å². The molecule has 3 heteroatoms. The van der Waals surface area contributed by atoms with Gasteiger partial charge in [0.1, 0.15) is 0 Å². The van der Waals surface area contributed by atoms with Crippen molar-refractivity contribution in [2.75, 3.05) is 0 Å². The van der Waals surface area contributed by atoms with Gasteiger partial charge in [-0.2, -0.15) is 0 Å². The lowest BCUT2D eigenvalue weighted by molar-refractivity contribution is 1.18. The van der Waals surface area contributed by atoms with E-state index in [2.05, 4.69) is 83.7 Å². The van der Waals surface area contributed by atoms with Crippen molar-refractivity contribution in [2.45, 2.75) is 0 Å². The maximum Gasteiger partial charge on any atom is 0.194 e. The number of aromatic nitrogens is 2. The Bertz CT molecular complexity index is 2020. The van der Waals surface area contributed by atoms with Crippen molar-refractivity contribution in [1.29, 1.82) is 0 Å². The molecule has 7 aromatic rings. The summed E-state index contributed by atoms with van der Waals surface area (Å²) in [5, 5.41) is 2.29. The first-order valence-corrected chi connectivity index (χ1v) is 13.9. The van der Waals surface area contributed by atoms with Crippen LogP contribution < -0.4 is 0 Å². The highest BCUT2D eigenvalue weighted by atomic mass is 14.9. The summed E-state index contributed by atoms with van der Waals surface area (Å²) >= 11 is 0. The molecule has 0 bridgehead atoms. The van der Waals surface area contributed by atoms with Crippen LogP contribution in [0.1, 0.15) is 0 Å². The molecule has 3 nitrogen and oxygen atoms in total. The van der Waals surface area contributed by atoms with Gasteiger partial charge in [-0.05, 0) is 39.1 Å². The number of hydrogen-bond acceptors (Lipinski definition) is 2. The summed E-state index contributed by atoms with van der Waals surface area (Å²) in [6.07, 6.45) is 0. The van der Waals surface area contributed by atoms with Crippen LogP contribution in [0.15, 0.2) is 152 Å². The molecule has 1 aromatic heterocycles. The predicted octanol–water partition coefficient (Wildman–Crippen LogP) is 10.5. The van der Waals surface area contributed by atoms with Crippen molar-refractivity contribution < 1.29 is 0 Å². The van der Waals surface area contributed by atoms with Crippen LogP contribution in [-0.2, 0) is 0 Å². The average Bonchev–Trinajstić information content (AvgIpc) is 3.08. The molecule has 0 aliphatic rings. The van der Waals surface area contributed by atoms with Crippen LogP contribution in [0.5, 0.6) is 0 Å². The summed E-state index contributed by atoms with van der Waals surface area (Å²) in [5.41, 5.74) is 9.81. The van der Waals surface area contributed by atoms with E-state index >= 15 is 0 Å². The minimum Gasteiger partial charge on any atom is -0.238 e.